The molecule has 0 bridgehead atoms. The van der Waals surface area contributed by atoms with E-state index in [-0.39, 0.29) is 5.56 Å². The second-order valence-electron chi connectivity index (χ2n) is 6.15. The van der Waals surface area contributed by atoms with Gasteiger partial charge in [0.2, 0.25) is 0 Å². The van der Waals surface area contributed by atoms with Gasteiger partial charge in [0.05, 0.1) is 28.5 Å². The summed E-state index contributed by atoms with van der Waals surface area (Å²) in [7, 11) is 1.83. The number of para-hydroxylation sites is 1. The van der Waals surface area contributed by atoms with Crippen LogP contribution in [0.2, 0.25) is 0 Å². The van der Waals surface area contributed by atoms with Crippen molar-refractivity contribution in [1.82, 2.24) is 9.36 Å². The van der Waals surface area contributed by atoms with Crippen molar-refractivity contribution in [2.75, 3.05) is 0 Å². The molecule has 0 amide bonds. The van der Waals surface area contributed by atoms with Gasteiger partial charge in [-0.1, -0.05) is 18.2 Å². The topological polar surface area (TPSA) is 89.2 Å². The minimum Gasteiger partial charge on any atom is -0.397 e. The van der Waals surface area contributed by atoms with Crippen LogP contribution in [0.25, 0.3) is 5.69 Å². The number of aromatic nitrogens is 2. The van der Waals surface area contributed by atoms with E-state index < -0.39 is 0 Å². The number of aliphatic imine (C=N–C) groups is 1. The van der Waals surface area contributed by atoms with Crippen LogP contribution in [-0.4, -0.2) is 20.8 Å². The maximum Gasteiger partial charge on any atom is 0.297 e. The van der Waals surface area contributed by atoms with Gasteiger partial charge in [0.1, 0.15) is 0 Å². The zero-order valence-corrected chi connectivity index (χ0v) is 14.8. The SMILES string of the molecule is CC1=CC(=Nc2c(C)n(C)n(-c3ccccc3)c2=O)C(N)=C(C)C1=N. The van der Waals surface area contributed by atoms with Gasteiger partial charge in [-0.25, -0.2) is 9.67 Å². The van der Waals surface area contributed by atoms with Crippen LogP contribution in [0.4, 0.5) is 5.69 Å². The summed E-state index contributed by atoms with van der Waals surface area (Å²) in [6.45, 7) is 5.49. The molecule has 1 aromatic heterocycles. The van der Waals surface area contributed by atoms with E-state index in [2.05, 4.69) is 4.99 Å². The highest BCUT2D eigenvalue weighted by atomic mass is 16.1. The van der Waals surface area contributed by atoms with Crippen molar-refractivity contribution < 1.29 is 0 Å². The van der Waals surface area contributed by atoms with Crippen LogP contribution >= 0.6 is 0 Å². The van der Waals surface area contributed by atoms with Gasteiger partial charge in [0.15, 0.2) is 5.69 Å². The number of nitrogens with two attached hydrogens (primary N) is 1. The Morgan fingerprint density at radius 2 is 1.76 bits per heavy atom. The van der Waals surface area contributed by atoms with Crippen LogP contribution in [0.15, 0.2) is 63.0 Å². The van der Waals surface area contributed by atoms with Crippen molar-refractivity contribution >= 4 is 17.1 Å². The molecule has 2 aromatic rings. The zero-order valence-electron chi connectivity index (χ0n) is 14.8. The predicted molar refractivity (Wildman–Crippen MR) is 101 cm³/mol. The Labute approximate surface area is 146 Å². The Bertz CT molecular complexity index is 1020. The molecule has 1 aliphatic rings. The third kappa shape index (κ3) is 2.65. The monoisotopic (exact) mass is 335 g/mol. The molecular formula is C19H21N5O. The maximum absolute atomic E-state index is 12.9. The number of benzene rings is 1. The number of nitrogens with zero attached hydrogens (tertiary/aromatic N) is 3. The summed E-state index contributed by atoms with van der Waals surface area (Å²) >= 11 is 0. The lowest BCUT2D eigenvalue weighted by Crippen LogP contribution is -2.22. The molecule has 0 atom stereocenters. The van der Waals surface area contributed by atoms with Gasteiger partial charge >= 0.3 is 0 Å². The predicted octanol–water partition coefficient (Wildman–Crippen LogP) is 2.77. The summed E-state index contributed by atoms with van der Waals surface area (Å²) in [6.07, 6.45) is 1.75. The van der Waals surface area contributed by atoms with Crippen molar-refractivity contribution in [3.63, 3.8) is 0 Å². The van der Waals surface area contributed by atoms with Crippen LogP contribution in [-0.2, 0) is 7.05 Å². The molecule has 128 valence electrons. The van der Waals surface area contributed by atoms with E-state index in [0.717, 1.165) is 17.0 Å². The summed E-state index contributed by atoms with van der Waals surface area (Å²) in [5.74, 6) is 0. The standard InChI is InChI=1S/C19H21N5O/c1-11-10-15(17(21)12(2)16(11)20)22-18-13(3)23(4)24(19(18)25)14-8-6-5-7-9-14/h5-10,20H,21H2,1-4H3. The van der Waals surface area contributed by atoms with Crippen LogP contribution in [0.5, 0.6) is 0 Å². The van der Waals surface area contributed by atoms with Gasteiger partial charge in [-0.05, 0) is 50.1 Å². The van der Waals surface area contributed by atoms with E-state index in [1.54, 1.807) is 22.4 Å². The molecule has 1 heterocycles. The van der Waals surface area contributed by atoms with Crippen LogP contribution in [0.3, 0.4) is 0 Å². The smallest absolute Gasteiger partial charge is 0.297 e. The minimum atomic E-state index is -0.198. The molecule has 6 nitrogen and oxygen atoms in total. The van der Waals surface area contributed by atoms with Crippen molar-refractivity contribution in [3.8, 4) is 5.69 Å². The Kier molecular flexibility index (Phi) is 4.04. The Hall–Kier alpha value is -3.15. The average Bonchev–Trinajstić information content (AvgIpc) is 2.82. The zero-order chi connectivity index (χ0) is 18.3. The first-order chi connectivity index (χ1) is 11.8. The second kappa shape index (κ2) is 6.05. The molecule has 25 heavy (non-hydrogen) atoms. The van der Waals surface area contributed by atoms with Crippen molar-refractivity contribution in [3.05, 3.63) is 69.3 Å². The second-order valence-corrected chi connectivity index (χ2v) is 6.15. The number of allylic oxidation sites excluding steroid dienone is 3. The van der Waals surface area contributed by atoms with Gasteiger partial charge in [-0.15, -0.1) is 0 Å². The molecule has 0 saturated heterocycles. The van der Waals surface area contributed by atoms with Gasteiger partial charge in [0.25, 0.3) is 5.56 Å². The highest BCUT2D eigenvalue weighted by Gasteiger charge is 2.20. The van der Waals surface area contributed by atoms with Crippen LogP contribution in [0, 0.1) is 12.3 Å². The molecule has 0 fully saturated rings. The van der Waals surface area contributed by atoms with Crippen LogP contribution in [0.1, 0.15) is 19.5 Å². The Balaban J connectivity index is 2.21. The molecule has 0 aliphatic heterocycles. The molecule has 6 heteroatoms. The van der Waals surface area contributed by atoms with E-state index >= 15 is 0 Å². The summed E-state index contributed by atoms with van der Waals surface area (Å²) in [6, 6.07) is 9.44. The molecule has 0 saturated carbocycles. The van der Waals surface area contributed by atoms with Gasteiger partial charge in [0, 0.05) is 7.05 Å². The van der Waals surface area contributed by atoms with Gasteiger partial charge in [-0.2, -0.15) is 0 Å². The quantitative estimate of drug-likeness (QED) is 0.826. The number of hydrogen-bond acceptors (Lipinski definition) is 4. The van der Waals surface area contributed by atoms with Crippen molar-refractivity contribution in [2.24, 2.45) is 17.8 Å². The number of rotatable bonds is 2. The normalized spacial score (nSPS) is 16.6. The lowest BCUT2D eigenvalue weighted by Gasteiger charge is -2.16. The lowest BCUT2D eigenvalue weighted by molar-refractivity contribution is 0.630. The first-order valence-electron chi connectivity index (χ1n) is 8.00. The summed E-state index contributed by atoms with van der Waals surface area (Å²) < 4.78 is 3.37. The van der Waals surface area contributed by atoms with Crippen molar-refractivity contribution in [1.29, 1.82) is 5.41 Å². The lowest BCUT2D eigenvalue weighted by atomic mass is 9.94. The summed E-state index contributed by atoms with van der Waals surface area (Å²) in [4.78, 5) is 17.5. The fraction of sp³-hybridized carbons (Fsp3) is 0.211. The summed E-state index contributed by atoms with van der Waals surface area (Å²) in [5.41, 5.74) is 10.6. The Morgan fingerprint density at radius 1 is 1.12 bits per heavy atom. The fourth-order valence-electron chi connectivity index (χ4n) is 2.87. The molecule has 1 aliphatic carbocycles. The van der Waals surface area contributed by atoms with E-state index in [1.807, 2.05) is 51.2 Å². The molecule has 0 unspecified atom stereocenters. The number of hydrogen-bond donors (Lipinski definition) is 2. The highest BCUT2D eigenvalue weighted by Crippen LogP contribution is 2.22. The fourth-order valence-corrected chi connectivity index (χ4v) is 2.87. The average molecular weight is 335 g/mol. The van der Waals surface area contributed by atoms with Crippen molar-refractivity contribution in [2.45, 2.75) is 20.8 Å². The van der Waals surface area contributed by atoms with E-state index in [9.17, 15) is 4.79 Å². The molecule has 3 rings (SSSR count). The first-order valence-corrected chi connectivity index (χ1v) is 8.00. The minimum absolute atomic E-state index is 0.198. The van der Waals surface area contributed by atoms with Crippen LogP contribution < -0.4 is 11.3 Å². The first kappa shape index (κ1) is 16.7. The third-order valence-corrected chi connectivity index (χ3v) is 4.56. The maximum atomic E-state index is 12.9. The molecular weight excluding hydrogens is 314 g/mol. The summed E-state index contributed by atoms with van der Waals surface area (Å²) in [5, 5.41) is 8.00. The molecule has 3 N–H and O–H groups in total. The van der Waals surface area contributed by atoms with E-state index in [0.29, 0.717) is 28.4 Å². The molecule has 1 aromatic carbocycles. The Morgan fingerprint density at radius 3 is 2.40 bits per heavy atom. The highest BCUT2D eigenvalue weighted by molar-refractivity contribution is 6.25. The van der Waals surface area contributed by atoms with E-state index in [4.69, 9.17) is 11.1 Å². The third-order valence-electron chi connectivity index (χ3n) is 4.56. The molecule has 0 spiro atoms. The van der Waals surface area contributed by atoms with Gasteiger partial charge < -0.3 is 11.1 Å². The van der Waals surface area contributed by atoms with E-state index in [1.165, 1.54) is 0 Å². The molecule has 0 radical (unpaired) electrons. The largest absolute Gasteiger partial charge is 0.397 e. The van der Waals surface area contributed by atoms with Gasteiger partial charge in [-0.3, -0.25) is 9.48 Å². The number of nitrogens with one attached hydrogen (secondary N) is 1.